The second-order valence-corrected chi connectivity index (χ2v) is 8.97. The van der Waals surface area contributed by atoms with Crippen molar-refractivity contribution in [3.05, 3.63) is 59.2 Å². The molecular formula is C22H29N3O5S. The van der Waals surface area contributed by atoms with Gasteiger partial charge < -0.3 is 15.0 Å². The molecule has 1 N–H and O–H groups in total. The molecule has 8 nitrogen and oxygen atoms in total. The highest BCUT2D eigenvalue weighted by atomic mass is 32.2. The Morgan fingerprint density at radius 3 is 2.13 bits per heavy atom. The molecule has 2 aromatic rings. The predicted octanol–water partition coefficient (Wildman–Crippen LogP) is 2.36. The van der Waals surface area contributed by atoms with Crippen LogP contribution in [0.4, 0.5) is 0 Å². The van der Waals surface area contributed by atoms with Crippen molar-refractivity contribution in [1.82, 2.24) is 14.5 Å². The van der Waals surface area contributed by atoms with Gasteiger partial charge in [-0.3, -0.25) is 9.59 Å². The fraction of sp³-hybridized carbons (Fsp3) is 0.364. The summed E-state index contributed by atoms with van der Waals surface area (Å²) in [5.41, 5.74) is 1.49. The quantitative estimate of drug-likeness (QED) is 0.637. The number of hydrogen-bond donors (Lipinski definition) is 1. The number of nitrogens with one attached hydrogen (secondary N) is 1. The first-order chi connectivity index (χ1) is 14.6. The highest BCUT2D eigenvalue weighted by molar-refractivity contribution is 7.89. The van der Waals surface area contributed by atoms with Gasteiger partial charge in [0.2, 0.25) is 10.0 Å². The Morgan fingerprint density at radius 1 is 1.00 bits per heavy atom. The van der Waals surface area contributed by atoms with Gasteiger partial charge in [-0.05, 0) is 35.9 Å². The van der Waals surface area contributed by atoms with E-state index in [1.807, 2.05) is 0 Å². The molecule has 0 heterocycles. The Labute approximate surface area is 183 Å². The average Bonchev–Trinajstić information content (AvgIpc) is 2.77. The zero-order chi connectivity index (χ0) is 23.2. The first-order valence-electron chi connectivity index (χ1n) is 9.92. The summed E-state index contributed by atoms with van der Waals surface area (Å²) in [6.07, 6.45) is 0. The van der Waals surface area contributed by atoms with Crippen molar-refractivity contribution in [3.8, 4) is 5.75 Å². The van der Waals surface area contributed by atoms with Gasteiger partial charge in [-0.1, -0.05) is 26.0 Å². The van der Waals surface area contributed by atoms with E-state index in [2.05, 4.69) is 5.32 Å². The van der Waals surface area contributed by atoms with Gasteiger partial charge >= 0.3 is 0 Å². The number of sulfonamides is 1. The molecule has 0 radical (unpaired) electrons. The molecule has 0 unspecified atom stereocenters. The number of carbonyl (C=O) groups is 2. The van der Waals surface area contributed by atoms with E-state index in [0.29, 0.717) is 18.7 Å². The molecule has 2 amide bonds. The number of methoxy groups -OCH3 is 1. The van der Waals surface area contributed by atoms with Crippen molar-refractivity contribution in [1.29, 1.82) is 0 Å². The molecule has 9 heteroatoms. The maximum Gasteiger partial charge on any atom is 0.255 e. The van der Waals surface area contributed by atoms with E-state index >= 15 is 0 Å². The van der Waals surface area contributed by atoms with Crippen LogP contribution in [0.3, 0.4) is 0 Å². The Bertz CT molecular complexity index is 1030. The minimum atomic E-state index is -3.71. The summed E-state index contributed by atoms with van der Waals surface area (Å²) in [6.45, 7) is 4.40. The van der Waals surface area contributed by atoms with Crippen LogP contribution in [0.5, 0.6) is 5.75 Å². The highest BCUT2D eigenvalue weighted by Gasteiger charge is 2.24. The molecule has 2 aromatic carbocycles. The van der Waals surface area contributed by atoms with Gasteiger partial charge in [-0.2, -0.15) is 4.31 Å². The van der Waals surface area contributed by atoms with Crippen LogP contribution in [-0.4, -0.2) is 63.7 Å². The van der Waals surface area contributed by atoms with Crippen molar-refractivity contribution in [3.63, 3.8) is 0 Å². The maximum atomic E-state index is 12.8. The molecule has 0 aromatic heterocycles. The van der Waals surface area contributed by atoms with Crippen LogP contribution in [-0.2, 0) is 16.6 Å². The topological polar surface area (TPSA) is 96.0 Å². The van der Waals surface area contributed by atoms with Crippen LogP contribution in [0, 0.1) is 0 Å². The lowest BCUT2D eigenvalue weighted by Crippen LogP contribution is -2.31. The molecule has 0 fully saturated rings. The number of nitrogens with zero attached hydrogens (tertiary/aromatic N) is 2. The lowest BCUT2D eigenvalue weighted by atomic mass is 10.1. The highest BCUT2D eigenvalue weighted by Crippen LogP contribution is 2.24. The minimum Gasteiger partial charge on any atom is -0.496 e. The van der Waals surface area contributed by atoms with Crippen LogP contribution in [0.2, 0.25) is 0 Å². The van der Waals surface area contributed by atoms with E-state index in [1.54, 1.807) is 52.2 Å². The monoisotopic (exact) mass is 447 g/mol. The Kier molecular flexibility index (Phi) is 8.18. The van der Waals surface area contributed by atoms with Crippen molar-refractivity contribution in [2.45, 2.75) is 25.3 Å². The van der Waals surface area contributed by atoms with Crippen molar-refractivity contribution in [2.24, 2.45) is 0 Å². The number of ether oxygens (including phenoxy) is 1. The SMILES string of the molecule is CCN(CC)S(=O)(=O)c1ccc(OC)c(C(=O)NCc2ccc(C(=O)N(C)C)cc2)c1. The normalized spacial score (nSPS) is 11.3. The number of rotatable bonds is 9. The van der Waals surface area contributed by atoms with Crippen LogP contribution < -0.4 is 10.1 Å². The van der Waals surface area contributed by atoms with E-state index in [9.17, 15) is 18.0 Å². The minimum absolute atomic E-state index is 0.0358. The zero-order valence-corrected chi connectivity index (χ0v) is 19.3. The van der Waals surface area contributed by atoms with Gasteiger partial charge in [0, 0.05) is 39.3 Å². The second-order valence-electron chi connectivity index (χ2n) is 7.03. The van der Waals surface area contributed by atoms with Gasteiger partial charge in [0.15, 0.2) is 0 Å². The molecule has 0 aliphatic heterocycles. The van der Waals surface area contributed by atoms with Gasteiger partial charge in [0.1, 0.15) is 5.75 Å². The fourth-order valence-electron chi connectivity index (χ4n) is 3.04. The van der Waals surface area contributed by atoms with Crippen LogP contribution >= 0.6 is 0 Å². The maximum absolute atomic E-state index is 12.8. The summed E-state index contributed by atoms with van der Waals surface area (Å²) in [7, 11) is 1.07. The van der Waals surface area contributed by atoms with E-state index in [4.69, 9.17) is 4.74 Å². The van der Waals surface area contributed by atoms with E-state index in [-0.39, 0.29) is 28.7 Å². The summed E-state index contributed by atoms with van der Waals surface area (Å²) < 4.78 is 32.2. The zero-order valence-electron chi connectivity index (χ0n) is 18.5. The summed E-state index contributed by atoms with van der Waals surface area (Å²) in [5.74, 6) is -0.281. The number of amides is 2. The van der Waals surface area contributed by atoms with Crippen molar-refractivity contribution in [2.75, 3.05) is 34.3 Å². The molecule has 0 saturated heterocycles. The first kappa shape index (κ1) is 24.4. The van der Waals surface area contributed by atoms with Crippen LogP contribution in [0.15, 0.2) is 47.4 Å². The molecule has 2 rings (SSSR count). The van der Waals surface area contributed by atoms with E-state index in [0.717, 1.165) is 5.56 Å². The van der Waals surface area contributed by atoms with Crippen molar-refractivity contribution >= 4 is 21.8 Å². The number of carbonyl (C=O) groups excluding carboxylic acids is 2. The molecular weight excluding hydrogens is 418 g/mol. The Balaban J connectivity index is 2.22. The molecule has 0 spiro atoms. The van der Waals surface area contributed by atoms with E-state index in [1.165, 1.54) is 34.5 Å². The molecule has 0 aliphatic carbocycles. The summed E-state index contributed by atoms with van der Waals surface area (Å²) in [4.78, 5) is 26.3. The lowest BCUT2D eigenvalue weighted by molar-refractivity contribution is 0.0827. The summed E-state index contributed by atoms with van der Waals surface area (Å²) >= 11 is 0. The molecule has 0 atom stereocenters. The fourth-order valence-corrected chi connectivity index (χ4v) is 4.52. The van der Waals surface area contributed by atoms with Gasteiger partial charge in [-0.25, -0.2) is 8.42 Å². The second kappa shape index (κ2) is 10.4. The van der Waals surface area contributed by atoms with Crippen LogP contribution in [0.1, 0.15) is 40.1 Å². The summed E-state index contributed by atoms with van der Waals surface area (Å²) in [6, 6.07) is 11.2. The van der Waals surface area contributed by atoms with Gasteiger partial charge in [0.05, 0.1) is 17.6 Å². The third-order valence-electron chi connectivity index (χ3n) is 4.82. The molecule has 168 valence electrons. The summed E-state index contributed by atoms with van der Waals surface area (Å²) in [5, 5.41) is 2.77. The Morgan fingerprint density at radius 2 is 1.61 bits per heavy atom. The molecule has 31 heavy (non-hydrogen) atoms. The standard InChI is InChI=1S/C22H29N3O5S/c1-6-25(7-2)31(28,29)18-12-13-20(30-5)19(14-18)21(26)23-15-16-8-10-17(11-9-16)22(27)24(3)4/h8-14H,6-7,15H2,1-5H3,(H,23,26). The van der Waals surface area contributed by atoms with Crippen LogP contribution in [0.25, 0.3) is 0 Å². The molecule has 0 bridgehead atoms. The predicted molar refractivity (Wildman–Crippen MR) is 119 cm³/mol. The smallest absolute Gasteiger partial charge is 0.255 e. The Hall–Kier alpha value is -2.91. The number of hydrogen-bond acceptors (Lipinski definition) is 5. The molecule has 0 aliphatic rings. The first-order valence-corrected chi connectivity index (χ1v) is 11.4. The largest absolute Gasteiger partial charge is 0.496 e. The van der Waals surface area contributed by atoms with E-state index < -0.39 is 15.9 Å². The third kappa shape index (κ3) is 5.62. The van der Waals surface area contributed by atoms with Gasteiger partial charge in [-0.15, -0.1) is 0 Å². The number of benzene rings is 2. The lowest BCUT2D eigenvalue weighted by Gasteiger charge is -2.19. The van der Waals surface area contributed by atoms with Crippen molar-refractivity contribution < 1.29 is 22.7 Å². The van der Waals surface area contributed by atoms with Gasteiger partial charge in [0.25, 0.3) is 11.8 Å². The average molecular weight is 448 g/mol. The third-order valence-corrected chi connectivity index (χ3v) is 6.86. The molecule has 0 saturated carbocycles.